The molecule has 0 aliphatic carbocycles. The Morgan fingerprint density at radius 3 is 2.50 bits per heavy atom. The molecular formula is C13H16F2N2O. The summed E-state index contributed by atoms with van der Waals surface area (Å²) in [6.07, 6.45) is 3.09. The maximum absolute atomic E-state index is 13.8. The van der Waals surface area contributed by atoms with Gasteiger partial charge in [0.15, 0.2) is 0 Å². The Balaban J connectivity index is 1.93. The number of hydrazine groups is 1. The number of fused-ring (bicyclic) bond motifs is 2. The molecule has 2 aliphatic heterocycles. The third-order valence-corrected chi connectivity index (χ3v) is 4.07. The van der Waals surface area contributed by atoms with Crippen LogP contribution in [0.25, 0.3) is 0 Å². The zero-order valence-electron chi connectivity index (χ0n) is 9.90. The van der Waals surface area contributed by atoms with E-state index in [4.69, 9.17) is 10.6 Å². The first-order chi connectivity index (χ1) is 8.70. The van der Waals surface area contributed by atoms with Crippen LogP contribution in [0.2, 0.25) is 0 Å². The highest BCUT2D eigenvalue weighted by atomic mass is 19.1. The second-order valence-corrected chi connectivity index (χ2v) is 5.05. The SMILES string of the molecule is NNC(c1c(F)cccc1F)C1CC2CCC1O2. The van der Waals surface area contributed by atoms with Gasteiger partial charge in [-0.2, -0.15) is 0 Å². The van der Waals surface area contributed by atoms with E-state index in [-0.39, 0.29) is 23.7 Å². The molecule has 2 heterocycles. The van der Waals surface area contributed by atoms with Crippen molar-refractivity contribution in [1.82, 2.24) is 5.43 Å². The van der Waals surface area contributed by atoms with E-state index in [1.165, 1.54) is 18.2 Å². The third kappa shape index (κ3) is 1.83. The minimum absolute atomic E-state index is 0.0288. The Labute approximate surface area is 104 Å². The highest BCUT2D eigenvalue weighted by Gasteiger charge is 2.45. The lowest BCUT2D eigenvalue weighted by molar-refractivity contribution is 0.0851. The molecular weight excluding hydrogens is 238 g/mol. The molecule has 0 saturated carbocycles. The van der Waals surface area contributed by atoms with E-state index in [0.29, 0.717) is 0 Å². The van der Waals surface area contributed by atoms with Crippen molar-refractivity contribution in [2.24, 2.45) is 11.8 Å². The minimum Gasteiger partial charge on any atom is -0.375 e. The predicted octanol–water partition coefficient (Wildman–Crippen LogP) is 2.04. The number of hydrogen-bond donors (Lipinski definition) is 2. The standard InChI is InChI=1S/C13H16F2N2O/c14-9-2-1-3-10(15)12(9)13(17-16)8-6-7-4-5-11(8)18-7/h1-3,7-8,11,13,17H,4-6,16H2. The van der Waals surface area contributed by atoms with E-state index in [0.717, 1.165) is 19.3 Å². The van der Waals surface area contributed by atoms with Crippen LogP contribution in [0.1, 0.15) is 30.9 Å². The van der Waals surface area contributed by atoms with Gasteiger partial charge in [0.05, 0.1) is 18.2 Å². The topological polar surface area (TPSA) is 47.3 Å². The number of nitrogens with two attached hydrogens (primary N) is 1. The Kier molecular flexibility index (Phi) is 3.05. The molecule has 4 atom stereocenters. The van der Waals surface area contributed by atoms with Crippen LogP contribution >= 0.6 is 0 Å². The van der Waals surface area contributed by atoms with Gasteiger partial charge in [0.2, 0.25) is 0 Å². The zero-order valence-corrected chi connectivity index (χ0v) is 9.90. The molecule has 2 fully saturated rings. The first-order valence-corrected chi connectivity index (χ1v) is 6.26. The maximum atomic E-state index is 13.8. The largest absolute Gasteiger partial charge is 0.375 e. The lowest BCUT2D eigenvalue weighted by Gasteiger charge is -2.28. The summed E-state index contributed by atoms with van der Waals surface area (Å²) in [4.78, 5) is 0. The fourth-order valence-corrected chi connectivity index (χ4v) is 3.26. The number of benzene rings is 1. The molecule has 2 aliphatic rings. The summed E-state index contributed by atoms with van der Waals surface area (Å²) in [5.74, 6) is 4.45. The average Bonchev–Trinajstić information content (AvgIpc) is 2.96. The first kappa shape index (κ1) is 12.0. The van der Waals surface area contributed by atoms with Crippen molar-refractivity contribution < 1.29 is 13.5 Å². The molecule has 3 nitrogen and oxygen atoms in total. The molecule has 3 rings (SSSR count). The number of ether oxygens (including phenoxy) is 1. The van der Waals surface area contributed by atoms with E-state index < -0.39 is 17.7 Å². The Hall–Kier alpha value is -1.04. The summed E-state index contributed by atoms with van der Waals surface area (Å²) < 4.78 is 33.3. The van der Waals surface area contributed by atoms with Crippen LogP contribution in [0, 0.1) is 17.6 Å². The minimum atomic E-state index is -0.555. The molecule has 1 aromatic rings. The monoisotopic (exact) mass is 254 g/mol. The van der Waals surface area contributed by atoms with Gasteiger partial charge in [-0.25, -0.2) is 8.78 Å². The second-order valence-electron chi connectivity index (χ2n) is 5.05. The van der Waals surface area contributed by atoms with Crippen molar-refractivity contribution in [3.63, 3.8) is 0 Å². The summed E-state index contributed by atoms with van der Waals surface area (Å²) in [7, 11) is 0. The molecule has 2 bridgehead atoms. The lowest BCUT2D eigenvalue weighted by Crippen LogP contribution is -2.38. The van der Waals surface area contributed by atoms with Crippen LogP contribution < -0.4 is 11.3 Å². The van der Waals surface area contributed by atoms with E-state index in [1.54, 1.807) is 0 Å². The summed E-state index contributed by atoms with van der Waals surface area (Å²) >= 11 is 0. The molecule has 5 heteroatoms. The molecule has 1 aromatic carbocycles. The quantitative estimate of drug-likeness (QED) is 0.641. The molecule has 4 unspecified atom stereocenters. The summed E-state index contributed by atoms with van der Waals surface area (Å²) in [5, 5.41) is 0. The van der Waals surface area contributed by atoms with Crippen molar-refractivity contribution in [3.8, 4) is 0 Å². The maximum Gasteiger partial charge on any atom is 0.130 e. The number of nitrogens with one attached hydrogen (secondary N) is 1. The second kappa shape index (κ2) is 4.57. The van der Waals surface area contributed by atoms with Crippen LogP contribution in [0.5, 0.6) is 0 Å². The Bertz CT molecular complexity index is 434. The number of halogens is 2. The van der Waals surface area contributed by atoms with Crippen molar-refractivity contribution >= 4 is 0 Å². The van der Waals surface area contributed by atoms with Crippen LogP contribution in [0.3, 0.4) is 0 Å². The lowest BCUT2D eigenvalue weighted by atomic mass is 9.81. The van der Waals surface area contributed by atoms with Crippen LogP contribution in [-0.2, 0) is 4.74 Å². The molecule has 3 N–H and O–H groups in total. The van der Waals surface area contributed by atoms with Gasteiger partial charge >= 0.3 is 0 Å². The van der Waals surface area contributed by atoms with E-state index in [1.807, 2.05) is 0 Å². The van der Waals surface area contributed by atoms with Gasteiger partial charge in [-0.1, -0.05) is 6.07 Å². The average molecular weight is 254 g/mol. The van der Waals surface area contributed by atoms with Crippen molar-refractivity contribution in [1.29, 1.82) is 0 Å². The molecule has 0 radical (unpaired) electrons. The Morgan fingerprint density at radius 2 is 2.00 bits per heavy atom. The molecule has 0 amide bonds. The predicted molar refractivity (Wildman–Crippen MR) is 62.4 cm³/mol. The van der Waals surface area contributed by atoms with E-state index in [9.17, 15) is 8.78 Å². The first-order valence-electron chi connectivity index (χ1n) is 6.26. The van der Waals surface area contributed by atoms with Gasteiger partial charge in [0.25, 0.3) is 0 Å². The van der Waals surface area contributed by atoms with Gasteiger partial charge in [-0.3, -0.25) is 11.3 Å². The summed E-state index contributed by atoms with van der Waals surface area (Å²) in [5.41, 5.74) is 2.60. The molecule has 2 saturated heterocycles. The van der Waals surface area contributed by atoms with E-state index in [2.05, 4.69) is 5.43 Å². The fraction of sp³-hybridized carbons (Fsp3) is 0.538. The fourth-order valence-electron chi connectivity index (χ4n) is 3.26. The van der Waals surface area contributed by atoms with Gasteiger partial charge in [0, 0.05) is 11.5 Å². The smallest absolute Gasteiger partial charge is 0.130 e. The van der Waals surface area contributed by atoms with Crippen LogP contribution in [0.15, 0.2) is 18.2 Å². The van der Waals surface area contributed by atoms with Crippen LogP contribution in [-0.4, -0.2) is 12.2 Å². The number of hydrogen-bond acceptors (Lipinski definition) is 3. The van der Waals surface area contributed by atoms with Gasteiger partial charge in [0.1, 0.15) is 11.6 Å². The highest BCUT2D eigenvalue weighted by molar-refractivity contribution is 5.25. The van der Waals surface area contributed by atoms with E-state index >= 15 is 0 Å². The summed E-state index contributed by atoms with van der Waals surface area (Å²) in [6.45, 7) is 0. The molecule has 98 valence electrons. The van der Waals surface area contributed by atoms with Gasteiger partial charge in [-0.05, 0) is 31.4 Å². The van der Waals surface area contributed by atoms with Crippen molar-refractivity contribution in [3.05, 3.63) is 35.4 Å². The van der Waals surface area contributed by atoms with Gasteiger partial charge in [-0.15, -0.1) is 0 Å². The highest BCUT2D eigenvalue weighted by Crippen LogP contribution is 2.45. The van der Waals surface area contributed by atoms with Crippen molar-refractivity contribution in [2.45, 2.75) is 37.5 Å². The zero-order chi connectivity index (χ0) is 12.7. The summed E-state index contributed by atoms with van der Waals surface area (Å²) in [6, 6.07) is 3.36. The normalized spacial score (nSPS) is 31.8. The number of rotatable bonds is 3. The van der Waals surface area contributed by atoms with Crippen LogP contribution in [0.4, 0.5) is 8.78 Å². The van der Waals surface area contributed by atoms with Crippen molar-refractivity contribution in [2.75, 3.05) is 0 Å². The Morgan fingerprint density at radius 1 is 1.28 bits per heavy atom. The molecule has 0 spiro atoms. The van der Waals surface area contributed by atoms with Gasteiger partial charge < -0.3 is 4.74 Å². The third-order valence-electron chi connectivity index (χ3n) is 4.07. The molecule has 0 aromatic heterocycles. The molecule has 18 heavy (non-hydrogen) atoms.